The minimum absolute atomic E-state index is 0.245. The van der Waals surface area contributed by atoms with Crippen LogP contribution in [0.3, 0.4) is 0 Å². The largest absolute Gasteiger partial charge is 0.394 e. The van der Waals surface area contributed by atoms with Crippen molar-refractivity contribution in [3.8, 4) is 0 Å². The molecule has 1 amide bonds. The van der Waals surface area contributed by atoms with E-state index in [1.165, 1.54) is 135 Å². The van der Waals surface area contributed by atoms with Gasteiger partial charge in [0.15, 0.2) is 18.9 Å². The zero-order chi connectivity index (χ0) is 57.6. The van der Waals surface area contributed by atoms with Crippen LogP contribution in [0.1, 0.15) is 219 Å². The Kier molecular flexibility index (Phi) is 39.7. The number of carbonyl (C=O) groups is 1. The van der Waals surface area contributed by atoms with E-state index in [2.05, 4.69) is 31.3 Å². The van der Waals surface area contributed by atoms with Crippen LogP contribution < -0.4 is 5.32 Å². The van der Waals surface area contributed by atoms with Crippen molar-refractivity contribution < 1.29 is 89.4 Å². The minimum Gasteiger partial charge on any atom is -0.394 e. The van der Waals surface area contributed by atoms with E-state index in [0.717, 1.165) is 57.8 Å². The molecule has 17 atom stereocenters. The van der Waals surface area contributed by atoms with Crippen molar-refractivity contribution in [1.82, 2.24) is 5.32 Å². The maximum atomic E-state index is 13.3. The summed E-state index contributed by atoms with van der Waals surface area (Å²) >= 11 is 0. The molecule has 0 aromatic carbocycles. The van der Waals surface area contributed by atoms with Crippen molar-refractivity contribution in [2.45, 2.75) is 324 Å². The van der Waals surface area contributed by atoms with Crippen LogP contribution in [-0.4, -0.2) is 193 Å². The minimum atomic E-state index is -1.97. The molecular weight excluding hydrogens is 1020 g/mol. The zero-order valence-corrected chi connectivity index (χ0v) is 48.4. The number of rotatable bonds is 46. The fourth-order valence-corrected chi connectivity index (χ4v) is 10.6. The molecule has 464 valence electrons. The molecule has 19 nitrogen and oxygen atoms in total. The fraction of sp³-hybridized carbons (Fsp3) is 0.917. The van der Waals surface area contributed by atoms with E-state index in [-0.39, 0.29) is 18.9 Å². The van der Waals surface area contributed by atoms with Gasteiger partial charge in [0.05, 0.1) is 38.6 Å². The number of hydrogen-bond acceptors (Lipinski definition) is 18. The summed E-state index contributed by atoms with van der Waals surface area (Å²) < 4.78 is 34.1. The first kappa shape index (κ1) is 71.5. The predicted octanol–water partition coefficient (Wildman–Crippen LogP) is 5.93. The zero-order valence-electron chi connectivity index (χ0n) is 48.4. The lowest BCUT2D eigenvalue weighted by molar-refractivity contribution is -0.379. The number of aliphatic hydroxyl groups is 11. The predicted molar refractivity (Wildman–Crippen MR) is 300 cm³/mol. The Balaban J connectivity index is 1.37. The second-order valence-corrected chi connectivity index (χ2v) is 22.5. The van der Waals surface area contributed by atoms with E-state index >= 15 is 0 Å². The van der Waals surface area contributed by atoms with Gasteiger partial charge in [-0.3, -0.25) is 4.79 Å². The number of unbranched alkanes of at least 4 members (excludes halogenated alkanes) is 28. The molecule has 17 unspecified atom stereocenters. The molecule has 12 N–H and O–H groups in total. The first-order valence-corrected chi connectivity index (χ1v) is 31.1. The first-order chi connectivity index (χ1) is 38.3. The van der Waals surface area contributed by atoms with Gasteiger partial charge in [0.2, 0.25) is 5.91 Å². The molecule has 0 bridgehead atoms. The van der Waals surface area contributed by atoms with Gasteiger partial charge in [-0.15, -0.1) is 0 Å². The average Bonchev–Trinajstić information content (AvgIpc) is 3.48. The molecule has 0 spiro atoms. The Morgan fingerprint density at radius 3 is 1.23 bits per heavy atom. The number of ether oxygens (including phenoxy) is 6. The molecule has 3 rings (SSSR count). The highest BCUT2D eigenvalue weighted by molar-refractivity contribution is 5.76. The molecule has 3 aliphatic heterocycles. The third-order valence-corrected chi connectivity index (χ3v) is 15.7. The normalized spacial score (nSPS) is 30.4. The van der Waals surface area contributed by atoms with E-state index in [0.29, 0.717) is 6.42 Å². The second-order valence-electron chi connectivity index (χ2n) is 22.5. The number of carbonyl (C=O) groups excluding carboxylic acids is 1. The van der Waals surface area contributed by atoms with E-state index in [9.17, 15) is 61.0 Å². The van der Waals surface area contributed by atoms with Crippen LogP contribution in [0.5, 0.6) is 0 Å². The van der Waals surface area contributed by atoms with Crippen LogP contribution in [0.15, 0.2) is 24.3 Å². The Bertz CT molecular complexity index is 1540. The maximum absolute atomic E-state index is 13.3. The quantitative estimate of drug-likeness (QED) is 0.0248. The SMILES string of the molecule is CCCCCCC/C=C/C(O)C(COC1OC(CO)C(OC2OC(CO)C(OC3OC(CO)C(O)C(O)C3O)C(O)C2O)C(O)C1O)NC(=O)CCCCCCCCCCCCCCCCC/C=C\CCCCCCCCCC. The third-order valence-electron chi connectivity index (χ3n) is 15.7. The van der Waals surface area contributed by atoms with Crippen LogP contribution in [0, 0.1) is 0 Å². The van der Waals surface area contributed by atoms with Gasteiger partial charge in [0, 0.05) is 6.42 Å². The van der Waals surface area contributed by atoms with Crippen LogP contribution in [0.25, 0.3) is 0 Å². The summed E-state index contributed by atoms with van der Waals surface area (Å²) in [6.07, 6.45) is 19.4. The number of allylic oxidation sites excluding steroid dienone is 3. The van der Waals surface area contributed by atoms with Gasteiger partial charge in [0.25, 0.3) is 0 Å². The number of amides is 1. The molecule has 0 aromatic rings. The van der Waals surface area contributed by atoms with Crippen molar-refractivity contribution in [3.05, 3.63) is 24.3 Å². The highest BCUT2D eigenvalue weighted by Crippen LogP contribution is 2.33. The number of aliphatic hydroxyl groups excluding tert-OH is 11. The molecule has 0 aromatic heterocycles. The number of nitrogens with one attached hydrogen (secondary N) is 1. The Morgan fingerprint density at radius 2 is 0.797 bits per heavy atom. The highest BCUT2D eigenvalue weighted by Gasteiger charge is 2.53. The van der Waals surface area contributed by atoms with E-state index in [1.54, 1.807) is 6.08 Å². The Hall–Kier alpha value is -1.73. The van der Waals surface area contributed by atoms with Crippen LogP contribution in [-0.2, 0) is 33.2 Å². The standard InChI is InChI=1S/C60H111NO18/c1-3-5-7-9-11-12-13-14-15-16-17-18-19-20-21-22-23-24-25-26-27-28-29-30-32-34-36-38-48(66)61-43(44(65)37-35-33-31-10-8-6-4-2)42-74-58-54(72)51(69)56(46(40-63)76-58)79-60-55(73)52(70)57(47(41-64)77-60)78-59-53(71)50(68)49(67)45(39-62)75-59/h16-17,35,37,43-47,49-60,62-65,67-73H,3-15,18-34,36,38-42H2,1-2H3,(H,61,66)/b17-16-,37-35+. The van der Waals surface area contributed by atoms with Crippen LogP contribution in [0.2, 0.25) is 0 Å². The van der Waals surface area contributed by atoms with Crippen molar-refractivity contribution in [1.29, 1.82) is 0 Å². The van der Waals surface area contributed by atoms with Crippen LogP contribution in [0.4, 0.5) is 0 Å². The summed E-state index contributed by atoms with van der Waals surface area (Å²) in [4.78, 5) is 13.3. The van der Waals surface area contributed by atoms with E-state index in [4.69, 9.17) is 28.4 Å². The average molecular weight is 1130 g/mol. The van der Waals surface area contributed by atoms with Crippen molar-refractivity contribution in [2.24, 2.45) is 0 Å². The molecule has 3 saturated heterocycles. The van der Waals surface area contributed by atoms with Crippen LogP contribution >= 0.6 is 0 Å². The summed E-state index contributed by atoms with van der Waals surface area (Å²) in [5.41, 5.74) is 0. The van der Waals surface area contributed by atoms with Crippen molar-refractivity contribution >= 4 is 5.91 Å². The summed E-state index contributed by atoms with van der Waals surface area (Å²) in [6.45, 7) is 1.65. The maximum Gasteiger partial charge on any atom is 0.220 e. The van der Waals surface area contributed by atoms with Gasteiger partial charge in [-0.2, -0.15) is 0 Å². The van der Waals surface area contributed by atoms with Gasteiger partial charge in [-0.1, -0.05) is 192 Å². The molecular formula is C60H111NO18. The summed E-state index contributed by atoms with van der Waals surface area (Å²) in [6, 6.07) is -0.967. The molecule has 3 aliphatic rings. The Morgan fingerprint density at radius 1 is 0.443 bits per heavy atom. The summed E-state index contributed by atoms with van der Waals surface area (Å²) in [7, 11) is 0. The van der Waals surface area contributed by atoms with Gasteiger partial charge in [-0.25, -0.2) is 0 Å². The van der Waals surface area contributed by atoms with Gasteiger partial charge in [0.1, 0.15) is 73.2 Å². The summed E-state index contributed by atoms with van der Waals surface area (Å²) in [5, 5.41) is 120. The molecule has 0 aliphatic carbocycles. The second kappa shape index (κ2) is 43.8. The smallest absolute Gasteiger partial charge is 0.220 e. The highest BCUT2D eigenvalue weighted by atomic mass is 16.8. The molecule has 0 saturated carbocycles. The lowest BCUT2D eigenvalue weighted by Gasteiger charge is -2.48. The molecule has 3 fully saturated rings. The summed E-state index contributed by atoms with van der Waals surface area (Å²) in [5.74, 6) is -0.278. The van der Waals surface area contributed by atoms with E-state index < -0.39 is 124 Å². The molecule has 79 heavy (non-hydrogen) atoms. The monoisotopic (exact) mass is 1130 g/mol. The molecule has 0 radical (unpaired) electrons. The van der Waals surface area contributed by atoms with Crippen molar-refractivity contribution in [3.63, 3.8) is 0 Å². The lowest BCUT2D eigenvalue weighted by Crippen LogP contribution is -2.66. The first-order valence-electron chi connectivity index (χ1n) is 31.1. The Labute approximate surface area is 473 Å². The van der Waals surface area contributed by atoms with Crippen molar-refractivity contribution in [2.75, 3.05) is 26.4 Å². The van der Waals surface area contributed by atoms with Gasteiger partial charge < -0.3 is 89.9 Å². The van der Waals surface area contributed by atoms with Gasteiger partial charge in [-0.05, 0) is 44.9 Å². The third kappa shape index (κ3) is 27.7. The van der Waals surface area contributed by atoms with Gasteiger partial charge >= 0.3 is 0 Å². The number of hydrogen-bond donors (Lipinski definition) is 12. The fourth-order valence-electron chi connectivity index (χ4n) is 10.6. The lowest BCUT2D eigenvalue weighted by atomic mass is 9.96. The topological polar surface area (TPSA) is 307 Å². The molecule has 19 heteroatoms. The molecule has 3 heterocycles. The van der Waals surface area contributed by atoms with E-state index in [1.807, 2.05) is 6.08 Å².